The van der Waals surface area contributed by atoms with E-state index >= 15 is 0 Å². The number of rotatable bonds is 9. The van der Waals surface area contributed by atoms with Gasteiger partial charge in [-0.25, -0.2) is 0 Å². The van der Waals surface area contributed by atoms with E-state index in [9.17, 15) is 18.0 Å². The minimum Gasteiger partial charge on any atom is -0.489 e. The molecule has 174 valence electrons. The van der Waals surface area contributed by atoms with Crippen LogP contribution in [-0.2, 0) is 16.1 Å². The summed E-state index contributed by atoms with van der Waals surface area (Å²) in [6.45, 7) is -0.339. The molecular formula is C20H16Cl4F3NO4. The molecular weight excluding hydrogens is 517 g/mol. The molecule has 0 heterocycles. The van der Waals surface area contributed by atoms with E-state index in [-0.39, 0.29) is 40.0 Å². The largest absolute Gasteiger partial charge is 0.573 e. The lowest BCUT2D eigenvalue weighted by Gasteiger charge is -2.19. The predicted molar refractivity (Wildman–Crippen MR) is 118 cm³/mol. The number of halogens is 7. The fourth-order valence-corrected chi connectivity index (χ4v) is 3.07. The van der Waals surface area contributed by atoms with Crippen molar-refractivity contribution in [1.29, 1.82) is 0 Å². The van der Waals surface area contributed by atoms with Gasteiger partial charge < -0.3 is 19.1 Å². The fourth-order valence-electron chi connectivity index (χ4n) is 2.37. The summed E-state index contributed by atoms with van der Waals surface area (Å²) in [6, 6.07) is 8.04. The number of anilines is 1. The van der Waals surface area contributed by atoms with Crippen molar-refractivity contribution in [3.8, 4) is 11.5 Å². The van der Waals surface area contributed by atoms with Crippen LogP contribution in [0.2, 0.25) is 10.0 Å². The van der Waals surface area contributed by atoms with Crippen LogP contribution in [-0.4, -0.2) is 32.5 Å². The van der Waals surface area contributed by atoms with Crippen molar-refractivity contribution in [2.24, 2.45) is 0 Å². The Balaban J connectivity index is 1.95. The minimum atomic E-state index is -4.84. The SMILES string of the molecule is CN(C(=O)COCc1c(Cl)cc(OCC=C(Cl)Cl)cc1Cl)c1cccc(OC(F)(F)F)c1. The molecule has 12 heteroatoms. The van der Waals surface area contributed by atoms with Gasteiger partial charge in [0.1, 0.15) is 29.2 Å². The molecule has 0 saturated carbocycles. The van der Waals surface area contributed by atoms with E-state index in [1.54, 1.807) is 0 Å². The van der Waals surface area contributed by atoms with Crippen LogP contribution in [0.4, 0.5) is 18.9 Å². The van der Waals surface area contributed by atoms with E-state index in [0.29, 0.717) is 11.3 Å². The number of amides is 1. The average molecular weight is 533 g/mol. The highest BCUT2D eigenvalue weighted by atomic mass is 35.5. The second-order valence-corrected chi connectivity index (χ2v) is 7.98. The van der Waals surface area contributed by atoms with Gasteiger partial charge in [-0.1, -0.05) is 52.5 Å². The van der Waals surface area contributed by atoms with E-state index < -0.39 is 18.0 Å². The third kappa shape index (κ3) is 8.60. The third-order valence-electron chi connectivity index (χ3n) is 3.89. The van der Waals surface area contributed by atoms with Gasteiger partial charge in [-0.3, -0.25) is 4.79 Å². The standard InChI is InChI=1S/C20H16Cl4F3NO4/c1-28(12-3-2-4-13(7-12)32-20(25,26)27)19(29)11-30-10-15-16(21)8-14(9-17(15)22)31-6-5-18(23)24/h2-5,7-9H,6,10-11H2,1H3. The van der Waals surface area contributed by atoms with Gasteiger partial charge in [-0.05, 0) is 30.3 Å². The maximum absolute atomic E-state index is 12.4. The Labute approximate surface area is 202 Å². The van der Waals surface area contributed by atoms with Crippen LogP contribution in [0, 0.1) is 0 Å². The Morgan fingerprint density at radius 2 is 1.75 bits per heavy atom. The Hall–Kier alpha value is -1.84. The summed E-state index contributed by atoms with van der Waals surface area (Å²) in [7, 11) is 1.39. The van der Waals surface area contributed by atoms with Crippen LogP contribution in [0.3, 0.4) is 0 Å². The summed E-state index contributed by atoms with van der Waals surface area (Å²) in [4.78, 5) is 13.5. The van der Waals surface area contributed by atoms with Crippen LogP contribution in [0.25, 0.3) is 0 Å². The molecule has 2 rings (SSSR count). The maximum Gasteiger partial charge on any atom is 0.573 e. The Morgan fingerprint density at radius 3 is 2.34 bits per heavy atom. The molecule has 0 aliphatic rings. The second-order valence-electron chi connectivity index (χ2n) is 6.16. The quantitative estimate of drug-likeness (QED) is 0.357. The van der Waals surface area contributed by atoms with E-state index in [0.717, 1.165) is 17.0 Å². The molecule has 0 saturated heterocycles. The number of likely N-dealkylation sites (N-methyl/N-ethyl adjacent to an activating group) is 1. The molecule has 1 amide bonds. The van der Waals surface area contributed by atoms with E-state index in [1.165, 1.54) is 37.4 Å². The molecule has 32 heavy (non-hydrogen) atoms. The molecule has 0 N–H and O–H groups in total. The zero-order valence-electron chi connectivity index (χ0n) is 16.4. The number of alkyl halides is 3. The van der Waals surface area contributed by atoms with Crippen molar-refractivity contribution in [2.75, 3.05) is 25.2 Å². The number of carbonyl (C=O) groups is 1. The second kappa shape index (κ2) is 11.9. The van der Waals surface area contributed by atoms with Crippen LogP contribution in [0.1, 0.15) is 5.56 Å². The van der Waals surface area contributed by atoms with E-state index in [1.807, 2.05) is 0 Å². The maximum atomic E-state index is 12.4. The minimum absolute atomic E-state index is 0.0569. The first-order valence-electron chi connectivity index (χ1n) is 8.78. The lowest BCUT2D eigenvalue weighted by molar-refractivity contribution is -0.274. The first-order valence-corrected chi connectivity index (χ1v) is 10.3. The Bertz CT molecular complexity index is 959. The van der Waals surface area contributed by atoms with Crippen molar-refractivity contribution in [3.05, 3.63) is 62.6 Å². The molecule has 0 unspecified atom stereocenters. The number of nitrogens with zero attached hydrogens (tertiary/aromatic N) is 1. The van der Waals surface area contributed by atoms with E-state index in [2.05, 4.69) is 4.74 Å². The zero-order chi connectivity index (χ0) is 23.9. The third-order valence-corrected chi connectivity index (χ3v) is 4.87. The summed E-state index contributed by atoms with van der Waals surface area (Å²) >= 11 is 23.4. The zero-order valence-corrected chi connectivity index (χ0v) is 19.4. The number of hydrogen-bond acceptors (Lipinski definition) is 4. The molecule has 0 aromatic heterocycles. The van der Waals surface area contributed by atoms with Crippen LogP contribution in [0.5, 0.6) is 11.5 Å². The van der Waals surface area contributed by atoms with Gasteiger partial charge in [0.05, 0.1) is 16.7 Å². The first-order chi connectivity index (χ1) is 15.0. The van der Waals surface area contributed by atoms with Crippen LogP contribution >= 0.6 is 46.4 Å². The Kier molecular flexibility index (Phi) is 9.79. The lowest BCUT2D eigenvalue weighted by Crippen LogP contribution is -2.30. The number of benzene rings is 2. The van der Waals surface area contributed by atoms with Crippen molar-refractivity contribution in [1.82, 2.24) is 0 Å². The molecule has 0 atom stereocenters. The number of carbonyl (C=O) groups excluding carboxylic acids is 1. The number of hydrogen-bond donors (Lipinski definition) is 0. The Morgan fingerprint density at radius 1 is 1.09 bits per heavy atom. The molecule has 0 aliphatic carbocycles. The van der Waals surface area contributed by atoms with Crippen LogP contribution in [0.15, 0.2) is 47.0 Å². The van der Waals surface area contributed by atoms with Crippen molar-refractivity contribution in [2.45, 2.75) is 13.0 Å². The summed E-state index contributed by atoms with van der Waals surface area (Å²) in [5.41, 5.74) is 0.631. The molecule has 2 aromatic rings. The highest BCUT2D eigenvalue weighted by Crippen LogP contribution is 2.31. The van der Waals surface area contributed by atoms with Crippen molar-refractivity contribution < 1.29 is 32.2 Å². The summed E-state index contributed by atoms with van der Waals surface area (Å²) in [6.07, 6.45) is -3.40. The highest BCUT2D eigenvalue weighted by Gasteiger charge is 2.31. The number of ether oxygens (including phenoxy) is 3. The van der Waals surface area contributed by atoms with Crippen molar-refractivity contribution in [3.63, 3.8) is 0 Å². The van der Waals surface area contributed by atoms with Gasteiger partial charge in [-0.2, -0.15) is 0 Å². The summed E-state index contributed by atoms with van der Waals surface area (Å²) in [5.74, 6) is -0.572. The van der Waals surface area contributed by atoms with Gasteiger partial charge >= 0.3 is 6.36 Å². The average Bonchev–Trinajstić information content (AvgIpc) is 2.68. The van der Waals surface area contributed by atoms with Crippen molar-refractivity contribution >= 4 is 58.0 Å². The fraction of sp³-hybridized carbons (Fsp3) is 0.250. The van der Waals surface area contributed by atoms with Gasteiger partial charge in [-0.15, -0.1) is 13.2 Å². The van der Waals surface area contributed by atoms with Gasteiger partial charge in [0.25, 0.3) is 5.91 Å². The van der Waals surface area contributed by atoms with Gasteiger partial charge in [0.2, 0.25) is 0 Å². The topological polar surface area (TPSA) is 48.0 Å². The van der Waals surface area contributed by atoms with Gasteiger partial charge in [0, 0.05) is 24.4 Å². The molecule has 0 radical (unpaired) electrons. The predicted octanol–water partition coefficient (Wildman–Crippen LogP) is 6.77. The molecule has 5 nitrogen and oxygen atoms in total. The van der Waals surface area contributed by atoms with Gasteiger partial charge in [0.15, 0.2) is 0 Å². The molecule has 0 aliphatic heterocycles. The molecule has 0 spiro atoms. The van der Waals surface area contributed by atoms with Crippen LogP contribution < -0.4 is 14.4 Å². The monoisotopic (exact) mass is 531 g/mol. The van der Waals surface area contributed by atoms with E-state index in [4.69, 9.17) is 55.9 Å². The molecule has 0 bridgehead atoms. The first kappa shape index (κ1) is 26.4. The smallest absolute Gasteiger partial charge is 0.489 e. The molecule has 0 fully saturated rings. The summed E-state index contributed by atoms with van der Waals surface area (Å²) < 4.78 is 51.8. The normalized spacial score (nSPS) is 11.1. The highest BCUT2D eigenvalue weighted by molar-refractivity contribution is 6.55. The lowest BCUT2D eigenvalue weighted by atomic mass is 10.2. The summed E-state index contributed by atoms with van der Waals surface area (Å²) in [5, 5.41) is 0.512. The molecule has 2 aromatic carbocycles.